The molecule has 0 heterocycles. The third-order valence-electron chi connectivity index (χ3n) is 2.09. The van der Waals surface area contributed by atoms with Crippen LogP contribution in [0.15, 0.2) is 24.3 Å². The molecule has 102 valence electrons. The summed E-state index contributed by atoms with van der Waals surface area (Å²) in [5, 5.41) is 8.62. The molecule has 5 heteroatoms. The molecule has 0 amide bonds. The molecule has 0 unspecified atom stereocenters. The first-order valence-corrected chi connectivity index (χ1v) is 6.89. The monoisotopic (exact) mass is 280 g/mol. The van der Waals surface area contributed by atoms with Gasteiger partial charge in [-0.05, 0) is 18.2 Å². The minimum absolute atomic E-state index is 0.157. The molecule has 0 saturated carbocycles. The lowest BCUT2D eigenvalue weighted by atomic mass is 10.2. The van der Waals surface area contributed by atoms with Gasteiger partial charge in [-0.3, -0.25) is 4.79 Å². The maximum absolute atomic E-state index is 10.9. The number of aliphatic hydroxyl groups excluding tert-OH is 1. The Labute approximate surface area is 117 Å². The van der Waals surface area contributed by atoms with Crippen LogP contribution in [-0.4, -0.2) is 42.9 Å². The van der Waals surface area contributed by atoms with Crippen LogP contribution in [-0.2, 0) is 9.53 Å². The van der Waals surface area contributed by atoms with Crippen LogP contribution in [0.4, 0.5) is 0 Å². The zero-order valence-electron chi connectivity index (χ0n) is 10.7. The Kier molecular flexibility index (Phi) is 7.56. The summed E-state index contributed by atoms with van der Waals surface area (Å²) >= 11 is 1.46. The van der Waals surface area contributed by atoms with Crippen LogP contribution in [0.1, 0.15) is 5.56 Å². The Morgan fingerprint density at radius 2 is 2.32 bits per heavy atom. The van der Waals surface area contributed by atoms with Gasteiger partial charge in [-0.2, -0.15) is 0 Å². The third-order valence-corrected chi connectivity index (χ3v) is 2.98. The number of carbonyl (C=O) groups excluding carboxylic acids is 1. The van der Waals surface area contributed by atoms with Crippen LogP contribution in [0.25, 0.3) is 0 Å². The summed E-state index contributed by atoms with van der Waals surface area (Å²) < 4.78 is 10.1. The molecule has 1 aromatic rings. The van der Waals surface area contributed by atoms with Gasteiger partial charge in [0.05, 0.1) is 19.5 Å². The van der Waals surface area contributed by atoms with E-state index >= 15 is 0 Å². The zero-order valence-corrected chi connectivity index (χ0v) is 11.5. The van der Waals surface area contributed by atoms with Crippen LogP contribution in [0.2, 0.25) is 0 Å². The highest BCUT2D eigenvalue weighted by atomic mass is 32.2. The molecule has 0 bridgehead atoms. The summed E-state index contributed by atoms with van der Waals surface area (Å²) in [5.41, 5.74) is 0.800. The molecule has 0 aliphatic heterocycles. The number of methoxy groups -OCH3 is 1. The number of hydrogen-bond acceptors (Lipinski definition) is 5. The molecule has 1 rings (SSSR count). The van der Waals surface area contributed by atoms with Crippen molar-refractivity contribution in [2.24, 2.45) is 0 Å². The van der Waals surface area contributed by atoms with Gasteiger partial charge < -0.3 is 14.6 Å². The number of esters is 1. The second-order valence-corrected chi connectivity index (χ2v) is 4.57. The molecule has 19 heavy (non-hydrogen) atoms. The van der Waals surface area contributed by atoms with E-state index in [1.165, 1.54) is 18.9 Å². The Morgan fingerprint density at radius 3 is 3.05 bits per heavy atom. The van der Waals surface area contributed by atoms with Crippen LogP contribution < -0.4 is 4.74 Å². The Balaban J connectivity index is 2.31. The summed E-state index contributed by atoms with van der Waals surface area (Å²) in [6.45, 7) is 0.355. The van der Waals surface area contributed by atoms with Crippen LogP contribution in [0, 0.1) is 11.8 Å². The smallest absolute Gasteiger partial charge is 0.315 e. The molecular weight excluding hydrogens is 264 g/mol. The van der Waals surface area contributed by atoms with E-state index < -0.39 is 0 Å². The quantitative estimate of drug-likeness (QED) is 0.484. The second-order valence-electron chi connectivity index (χ2n) is 3.46. The predicted octanol–water partition coefficient (Wildman–Crippen LogP) is 1.32. The molecular formula is C14H16O4S. The minimum Gasteiger partial charge on any atom is -0.493 e. The van der Waals surface area contributed by atoms with Crippen LogP contribution in [0.3, 0.4) is 0 Å². The van der Waals surface area contributed by atoms with E-state index in [0.29, 0.717) is 18.1 Å². The topological polar surface area (TPSA) is 55.8 Å². The van der Waals surface area contributed by atoms with Gasteiger partial charge in [0.2, 0.25) is 0 Å². The van der Waals surface area contributed by atoms with Gasteiger partial charge in [0.25, 0.3) is 0 Å². The van der Waals surface area contributed by atoms with Crippen molar-refractivity contribution in [3.05, 3.63) is 29.8 Å². The van der Waals surface area contributed by atoms with Crippen molar-refractivity contribution >= 4 is 17.7 Å². The summed E-state index contributed by atoms with van der Waals surface area (Å²) in [6, 6.07) is 7.35. The van der Waals surface area contributed by atoms with E-state index in [0.717, 1.165) is 11.3 Å². The fraction of sp³-hybridized carbons (Fsp3) is 0.357. The van der Waals surface area contributed by atoms with Crippen molar-refractivity contribution < 1.29 is 19.4 Å². The maximum atomic E-state index is 10.9. The molecule has 0 saturated heterocycles. The molecule has 0 aromatic heterocycles. The molecule has 4 nitrogen and oxygen atoms in total. The zero-order chi connectivity index (χ0) is 13.9. The van der Waals surface area contributed by atoms with Gasteiger partial charge >= 0.3 is 5.97 Å². The number of thioether (sulfide) groups is 1. The Bertz CT molecular complexity index is 462. The van der Waals surface area contributed by atoms with Crippen LogP contribution >= 0.6 is 11.8 Å². The normalized spacial score (nSPS) is 9.37. The lowest BCUT2D eigenvalue weighted by Crippen LogP contribution is -2.06. The standard InChI is InChI=1S/C14H16O4S/c1-17-14(16)11-19-9-8-18-13-6-2-4-12(10-13)5-3-7-15/h2,4,6,10,15H,7-9,11H2,1H3. The lowest BCUT2D eigenvalue weighted by Gasteiger charge is -2.06. The first kappa shape index (κ1) is 15.4. The first-order chi connectivity index (χ1) is 9.26. The number of carbonyl (C=O) groups is 1. The predicted molar refractivity (Wildman–Crippen MR) is 75.2 cm³/mol. The number of benzene rings is 1. The van der Waals surface area contributed by atoms with Crippen LogP contribution in [0.5, 0.6) is 5.75 Å². The second kappa shape index (κ2) is 9.31. The highest BCUT2D eigenvalue weighted by Gasteiger charge is 2.00. The number of ether oxygens (including phenoxy) is 2. The molecule has 0 aliphatic carbocycles. The third kappa shape index (κ3) is 6.75. The van der Waals surface area contributed by atoms with Crippen molar-refractivity contribution in [2.45, 2.75) is 0 Å². The highest BCUT2D eigenvalue weighted by Crippen LogP contribution is 2.13. The van der Waals surface area contributed by atoms with E-state index in [2.05, 4.69) is 16.6 Å². The SMILES string of the molecule is COC(=O)CSCCOc1cccc(C#CCO)c1. The molecule has 0 fully saturated rings. The molecule has 0 aliphatic rings. The average molecular weight is 280 g/mol. The molecule has 0 radical (unpaired) electrons. The molecule has 0 spiro atoms. The summed E-state index contributed by atoms with van der Waals surface area (Å²) in [4.78, 5) is 10.9. The van der Waals surface area contributed by atoms with E-state index in [9.17, 15) is 4.79 Å². The van der Waals surface area contributed by atoms with Gasteiger partial charge in [-0.1, -0.05) is 17.9 Å². The number of hydrogen-bond donors (Lipinski definition) is 1. The van der Waals surface area contributed by atoms with Crippen molar-refractivity contribution in [1.29, 1.82) is 0 Å². The van der Waals surface area contributed by atoms with Gasteiger partial charge in [-0.15, -0.1) is 11.8 Å². The van der Waals surface area contributed by atoms with Gasteiger partial charge in [0.1, 0.15) is 12.4 Å². The molecule has 1 aromatic carbocycles. The first-order valence-electron chi connectivity index (χ1n) is 5.73. The Hall–Kier alpha value is -1.64. The van der Waals surface area contributed by atoms with Gasteiger partial charge in [0, 0.05) is 11.3 Å². The minimum atomic E-state index is -0.230. The van der Waals surface area contributed by atoms with Crippen molar-refractivity contribution in [3.63, 3.8) is 0 Å². The highest BCUT2D eigenvalue weighted by molar-refractivity contribution is 7.99. The number of rotatable bonds is 6. The van der Waals surface area contributed by atoms with Crippen molar-refractivity contribution in [2.75, 3.05) is 31.8 Å². The number of aliphatic hydroxyl groups is 1. The van der Waals surface area contributed by atoms with E-state index in [1.54, 1.807) is 0 Å². The molecule has 1 N–H and O–H groups in total. The van der Waals surface area contributed by atoms with Crippen molar-refractivity contribution in [3.8, 4) is 17.6 Å². The fourth-order valence-electron chi connectivity index (χ4n) is 1.24. The van der Waals surface area contributed by atoms with Gasteiger partial charge in [-0.25, -0.2) is 0 Å². The van der Waals surface area contributed by atoms with E-state index in [1.807, 2.05) is 24.3 Å². The largest absolute Gasteiger partial charge is 0.493 e. The molecule has 0 atom stereocenters. The summed E-state index contributed by atoms with van der Waals surface area (Å²) in [6.07, 6.45) is 0. The average Bonchev–Trinajstić information content (AvgIpc) is 2.45. The van der Waals surface area contributed by atoms with Crippen molar-refractivity contribution in [1.82, 2.24) is 0 Å². The Morgan fingerprint density at radius 1 is 1.47 bits per heavy atom. The lowest BCUT2D eigenvalue weighted by molar-refractivity contribution is -0.137. The fourth-order valence-corrected chi connectivity index (χ4v) is 1.87. The maximum Gasteiger partial charge on any atom is 0.315 e. The summed E-state index contributed by atoms with van der Waals surface area (Å²) in [7, 11) is 1.37. The van der Waals surface area contributed by atoms with E-state index in [-0.39, 0.29) is 12.6 Å². The van der Waals surface area contributed by atoms with Gasteiger partial charge in [0.15, 0.2) is 0 Å². The summed E-state index contributed by atoms with van der Waals surface area (Å²) in [5.74, 6) is 6.93. The van der Waals surface area contributed by atoms with E-state index in [4.69, 9.17) is 9.84 Å².